The van der Waals surface area contributed by atoms with Crippen LogP contribution in [0.1, 0.15) is 25.7 Å². The molecule has 0 aromatic heterocycles. The van der Waals surface area contributed by atoms with Crippen LogP contribution < -0.4 is 0 Å². The molecule has 0 aromatic carbocycles. The Balaban J connectivity index is 0.000000982. The van der Waals surface area contributed by atoms with Crippen LogP contribution in [0.3, 0.4) is 0 Å². The molecule has 0 aromatic rings. The summed E-state index contributed by atoms with van der Waals surface area (Å²) in [5.41, 5.74) is 0. The van der Waals surface area contributed by atoms with Crippen molar-refractivity contribution in [2.24, 2.45) is 0 Å². The van der Waals surface area contributed by atoms with Gasteiger partial charge in [-0.1, -0.05) is 0 Å². The monoisotopic (exact) mass is 424 g/mol. The molecule has 1 saturated heterocycles. The van der Waals surface area contributed by atoms with Gasteiger partial charge in [-0.05, 0) is 59.5 Å². The fourth-order valence-corrected chi connectivity index (χ4v) is 5.47. The third-order valence-electron chi connectivity index (χ3n) is 2.20. The average molecular weight is 425 g/mol. The van der Waals surface area contributed by atoms with E-state index in [1.165, 1.54) is 66.0 Å². The molecule has 0 atom stereocenters. The Kier molecular flexibility index (Phi) is 23.2. The van der Waals surface area contributed by atoms with E-state index in [-0.39, 0.29) is 0 Å². The van der Waals surface area contributed by atoms with E-state index in [2.05, 4.69) is 41.0 Å². The molecule has 0 amide bonds. The topological polar surface area (TPSA) is 0 Å². The summed E-state index contributed by atoms with van der Waals surface area (Å²) in [6.45, 7) is 0. The Labute approximate surface area is 150 Å². The van der Waals surface area contributed by atoms with E-state index in [0.717, 1.165) is 0 Å². The molecule has 0 radical (unpaired) electrons. The molecule has 0 aliphatic carbocycles. The van der Waals surface area contributed by atoms with Crippen molar-refractivity contribution in [3.8, 4) is 0 Å². The fourth-order valence-electron chi connectivity index (χ4n) is 1.37. The van der Waals surface area contributed by atoms with E-state index in [1.54, 1.807) is 0 Å². The van der Waals surface area contributed by atoms with Crippen LogP contribution in [-0.2, 0) is 12.9 Å². The summed E-state index contributed by atoms with van der Waals surface area (Å²) in [5.74, 6) is 11.9. The molecule has 0 N–H and O–H groups in total. The van der Waals surface area contributed by atoms with Crippen molar-refractivity contribution >= 4 is 67.3 Å². The summed E-state index contributed by atoms with van der Waals surface area (Å²) in [6.07, 6.45) is 5.47. The van der Waals surface area contributed by atoms with Crippen molar-refractivity contribution in [3.63, 3.8) is 0 Å². The van der Waals surface area contributed by atoms with E-state index in [4.69, 9.17) is 20.3 Å². The summed E-state index contributed by atoms with van der Waals surface area (Å²) < 4.78 is 0. The molecular weight excluding hydrogens is 402 g/mol. The van der Waals surface area contributed by atoms with Crippen LogP contribution >= 0.6 is 67.3 Å². The van der Waals surface area contributed by atoms with Gasteiger partial charge in [0.1, 0.15) is 0 Å². The third kappa shape index (κ3) is 20.5. The third-order valence-corrected chi connectivity index (χ3v) is 6.61. The number of hydrogen-bond donors (Lipinski definition) is 0. The summed E-state index contributed by atoms with van der Waals surface area (Å²) in [7, 11) is 9.47. The molecule has 0 unspecified atom stereocenters. The zero-order valence-electron chi connectivity index (χ0n) is 11.1. The summed E-state index contributed by atoms with van der Waals surface area (Å²) in [6, 6.07) is 0. The Morgan fingerprint density at radius 2 is 1.11 bits per heavy atom. The van der Waals surface area contributed by atoms with E-state index >= 15 is 0 Å². The second-order valence-electron chi connectivity index (χ2n) is 3.77. The van der Waals surface area contributed by atoms with Gasteiger partial charge < -0.3 is 11.8 Å². The van der Waals surface area contributed by atoms with E-state index in [1.807, 2.05) is 11.8 Å². The number of thioether (sulfide) groups is 4. The minimum absolute atomic E-state index is 0.382. The number of rotatable bonds is 0. The Morgan fingerprint density at radius 3 is 1.63 bits per heavy atom. The van der Waals surface area contributed by atoms with Crippen LogP contribution in [0.5, 0.6) is 0 Å². The number of halogens is 2. The zero-order chi connectivity index (χ0) is 14.0. The predicted octanol–water partition coefficient (Wildman–Crippen LogP) is 6.03. The quantitative estimate of drug-likeness (QED) is 0.435. The molecule has 1 heterocycles. The standard InChI is InChI=1S/C12H23S4.2ClH.Co/c1-5-13-7-2-9-15-11-4-12-16-10-3-8-14-6-1;;;/h5H,1-4,6-12H2;2*1H;/q-1;;;+3/p-2. The van der Waals surface area contributed by atoms with Crippen LogP contribution in [0, 0.1) is 5.75 Å². The molecule has 118 valence electrons. The Hall–Kier alpha value is 2.49. The van der Waals surface area contributed by atoms with Crippen LogP contribution in [0.2, 0.25) is 0 Å². The molecule has 1 aliphatic heterocycles. The molecule has 0 bridgehead atoms. The van der Waals surface area contributed by atoms with E-state index in [0.29, 0.717) is 12.9 Å². The van der Waals surface area contributed by atoms with Gasteiger partial charge in [-0.25, -0.2) is 0 Å². The molecule has 1 rings (SSSR count). The van der Waals surface area contributed by atoms with Crippen molar-refractivity contribution in [2.45, 2.75) is 25.7 Å². The van der Waals surface area contributed by atoms with Gasteiger partial charge in [0.05, 0.1) is 0 Å². The molecule has 0 saturated carbocycles. The van der Waals surface area contributed by atoms with Gasteiger partial charge in [-0.15, -0.1) is 0 Å². The first-order chi connectivity index (χ1) is 9.41. The SMILES string of the molecule is [CH-]1CCSCCCSCCCSCCCS1.[Cl][Co+][Cl]. The maximum atomic E-state index is 4.73. The van der Waals surface area contributed by atoms with Gasteiger partial charge in [0.2, 0.25) is 0 Å². The van der Waals surface area contributed by atoms with Gasteiger partial charge in [0.25, 0.3) is 0 Å². The fraction of sp³-hybridized carbons (Fsp3) is 0.917. The second-order valence-corrected chi connectivity index (χ2v) is 10.2. The van der Waals surface area contributed by atoms with Crippen LogP contribution in [0.15, 0.2) is 0 Å². The first-order valence-electron chi connectivity index (χ1n) is 6.42. The molecule has 0 spiro atoms. The molecule has 1 aliphatic rings. The normalized spacial score (nSPS) is 21.4. The molecular formula is C12H23Cl2CoS4. The second kappa shape index (κ2) is 20.5. The molecule has 1 fully saturated rings. The van der Waals surface area contributed by atoms with Gasteiger partial charge in [0.15, 0.2) is 0 Å². The van der Waals surface area contributed by atoms with Gasteiger partial charge in [-0.3, -0.25) is 5.75 Å². The Morgan fingerprint density at radius 1 is 0.684 bits per heavy atom. The zero-order valence-corrected chi connectivity index (χ0v) is 16.9. The Bertz CT molecular complexity index is 103. The predicted molar refractivity (Wildman–Crippen MR) is 98.9 cm³/mol. The first-order valence-corrected chi connectivity index (χ1v) is 13.8. The average Bonchev–Trinajstić information content (AvgIpc) is 2.40. The van der Waals surface area contributed by atoms with Crippen molar-refractivity contribution in [1.29, 1.82) is 0 Å². The molecule has 0 nitrogen and oxygen atoms in total. The van der Waals surface area contributed by atoms with Crippen molar-refractivity contribution in [2.75, 3.05) is 40.3 Å². The van der Waals surface area contributed by atoms with Crippen LogP contribution in [-0.4, -0.2) is 40.3 Å². The van der Waals surface area contributed by atoms with Gasteiger partial charge >= 0.3 is 33.2 Å². The summed E-state index contributed by atoms with van der Waals surface area (Å²) >= 11 is 8.84. The van der Waals surface area contributed by atoms with Crippen molar-refractivity contribution < 1.29 is 12.9 Å². The van der Waals surface area contributed by atoms with Gasteiger partial charge in [0, 0.05) is 0 Å². The molecule has 7 heteroatoms. The number of hydrogen-bond acceptors (Lipinski definition) is 4. The van der Waals surface area contributed by atoms with Crippen molar-refractivity contribution in [1.82, 2.24) is 0 Å². The summed E-state index contributed by atoms with van der Waals surface area (Å²) in [4.78, 5) is 0. The van der Waals surface area contributed by atoms with Gasteiger partial charge in [-0.2, -0.15) is 41.7 Å². The van der Waals surface area contributed by atoms with Crippen LogP contribution in [0.25, 0.3) is 0 Å². The van der Waals surface area contributed by atoms with E-state index < -0.39 is 0 Å². The maximum absolute atomic E-state index is 4.73. The van der Waals surface area contributed by atoms with E-state index in [9.17, 15) is 0 Å². The van der Waals surface area contributed by atoms with Crippen molar-refractivity contribution in [3.05, 3.63) is 5.75 Å². The molecule has 19 heavy (non-hydrogen) atoms. The summed E-state index contributed by atoms with van der Waals surface area (Å²) in [5, 5.41) is 0. The minimum atomic E-state index is 0.382. The van der Waals surface area contributed by atoms with Crippen LogP contribution in [0.4, 0.5) is 0 Å². The first kappa shape index (κ1) is 21.5.